The van der Waals surface area contributed by atoms with Gasteiger partial charge in [0.05, 0.1) is 17.0 Å². The van der Waals surface area contributed by atoms with Crippen LogP contribution in [0.4, 0.5) is 13.2 Å². The van der Waals surface area contributed by atoms with E-state index < -0.39 is 23.6 Å². The molecule has 2 N–H and O–H groups in total. The molecule has 27 heavy (non-hydrogen) atoms. The van der Waals surface area contributed by atoms with E-state index in [0.717, 1.165) is 12.1 Å². The molecule has 8 heteroatoms. The van der Waals surface area contributed by atoms with Gasteiger partial charge in [-0.3, -0.25) is 4.98 Å². The standard InChI is InChI=1S/C19H16F3N3O2/c1-10-11(2)17(18(27)12-4-3-7-23-9-12)25-24-16(10)14-6-5-13(8-15(14)26)19(20,21)22/h3-9,18,26-27H,1-2H3. The van der Waals surface area contributed by atoms with E-state index in [-0.39, 0.29) is 11.3 Å². The quantitative estimate of drug-likeness (QED) is 0.724. The van der Waals surface area contributed by atoms with Crippen LogP contribution in [0.3, 0.4) is 0 Å². The predicted octanol–water partition coefficient (Wildman–Crippen LogP) is 3.96. The number of aliphatic hydroxyl groups is 1. The molecule has 0 saturated heterocycles. The minimum absolute atomic E-state index is 0.138. The van der Waals surface area contributed by atoms with Gasteiger partial charge in [-0.2, -0.15) is 18.3 Å². The molecule has 1 aromatic carbocycles. The Bertz CT molecular complexity index is 976. The van der Waals surface area contributed by atoms with Crippen molar-refractivity contribution in [1.82, 2.24) is 15.2 Å². The van der Waals surface area contributed by atoms with Gasteiger partial charge in [0.1, 0.15) is 11.9 Å². The molecule has 1 atom stereocenters. The molecule has 0 bridgehead atoms. The van der Waals surface area contributed by atoms with Crippen LogP contribution in [0.1, 0.15) is 34.1 Å². The fourth-order valence-electron chi connectivity index (χ4n) is 2.74. The third-order valence-electron chi connectivity index (χ3n) is 4.40. The Morgan fingerprint density at radius 3 is 2.37 bits per heavy atom. The van der Waals surface area contributed by atoms with Gasteiger partial charge < -0.3 is 10.2 Å². The van der Waals surface area contributed by atoms with Crippen molar-refractivity contribution in [2.45, 2.75) is 26.1 Å². The van der Waals surface area contributed by atoms with E-state index in [9.17, 15) is 23.4 Å². The Hall–Kier alpha value is -3.00. The maximum absolute atomic E-state index is 12.8. The lowest BCUT2D eigenvalue weighted by Gasteiger charge is -2.16. The fourth-order valence-corrected chi connectivity index (χ4v) is 2.74. The number of pyridine rings is 1. The molecule has 140 valence electrons. The normalized spacial score (nSPS) is 12.8. The van der Waals surface area contributed by atoms with Gasteiger partial charge in [0, 0.05) is 23.5 Å². The number of nitrogens with zero attached hydrogens (tertiary/aromatic N) is 3. The van der Waals surface area contributed by atoms with Gasteiger partial charge in [-0.05, 0) is 49.2 Å². The summed E-state index contributed by atoms with van der Waals surface area (Å²) in [6.07, 6.45) is -2.50. The Balaban J connectivity index is 2.03. The minimum atomic E-state index is -4.55. The number of hydrogen-bond acceptors (Lipinski definition) is 5. The van der Waals surface area contributed by atoms with E-state index in [1.807, 2.05) is 0 Å². The van der Waals surface area contributed by atoms with Gasteiger partial charge in [-0.15, -0.1) is 5.10 Å². The maximum atomic E-state index is 12.8. The second-order valence-corrected chi connectivity index (χ2v) is 6.10. The number of aromatic nitrogens is 3. The molecular weight excluding hydrogens is 359 g/mol. The van der Waals surface area contributed by atoms with Gasteiger partial charge in [0.25, 0.3) is 0 Å². The first-order valence-corrected chi connectivity index (χ1v) is 8.02. The number of phenols is 1. The van der Waals surface area contributed by atoms with Crippen LogP contribution in [0.5, 0.6) is 5.75 Å². The molecule has 2 heterocycles. The number of aliphatic hydroxyl groups excluding tert-OH is 1. The lowest BCUT2D eigenvalue weighted by atomic mass is 9.97. The second-order valence-electron chi connectivity index (χ2n) is 6.10. The molecule has 0 fully saturated rings. The summed E-state index contributed by atoms with van der Waals surface area (Å²) in [5, 5.41) is 28.7. The zero-order valence-electron chi connectivity index (χ0n) is 14.5. The van der Waals surface area contributed by atoms with Crippen LogP contribution in [0.15, 0.2) is 42.7 Å². The van der Waals surface area contributed by atoms with E-state index in [4.69, 9.17) is 0 Å². The molecule has 0 aliphatic heterocycles. The summed E-state index contributed by atoms with van der Waals surface area (Å²) in [4.78, 5) is 3.95. The number of rotatable bonds is 3. The van der Waals surface area contributed by atoms with Crippen molar-refractivity contribution >= 4 is 0 Å². The van der Waals surface area contributed by atoms with Crippen molar-refractivity contribution < 1.29 is 23.4 Å². The van der Waals surface area contributed by atoms with Gasteiger partial charge in [-0.25, -0.2) is 0 Å². The number of hydrogen-bond donors (Lipinski definition) is 2. The minimum Gasteiger partial charge on any atom is -0.507 e. The Kier molecular flexibility index (Phi) is 4.84. The van der Waals surface area contributed by atoms with E-state index in [1.54, 1.807) is 32.2 Å². The highest BCUT2D eigenvalue weighted by molar-refractivity contribution is 5.71. The van der Waals surface area contributed by atoms with E-state index in [0.29, 0.717) is 28.5 Å². The first-order valence-electron chi connectivity index (χ1n) is 8.02. The third kappa shape index (κ3) is 3.61. The number of benzene rings is 1. The van der Waals surface area contributed by atoms with Crippen LogP contribution in [0.2, 0.25) is 0 Å². The highest BCUT2D eigenvalue weighted by Gasteiger charge is 2.31. The van der Waals surface area contributed by atoms with Crippen molar-refractivity contribution in [2.24, 2.45) is 0 Å². The first kappa shape index (κ1) is 18.8. The molecule has 0 spiro atoms. The average molecular weight is 375 g/mol. The van der Waals surface area contributed by atoms with E-state index >= 15 is 0 Å². The highest BCUT2D eigenvalue weighted by Crippen LogP contribution is 2.37. The zero-order valence-corrected chi connectivity index (χ0v) is 14.5. The smallest absolute Gasteiger partial charge is 0.416 e. The molecule has 0 aliphatic carbocycles. The number of aromatic hydroxyl groups is 1. The molecule has 5 nitrogen and oxygen atoms in total. The largest absolute Gasteiger partial charge is 0.507 e. The SMILES string of the molecule is Cc1c(-c2ccc(C(F)(F)F)cc2O)nnc(C(O)c2cccnc2)c1C. The van der Waals surface area contributed by atoms with Crippen molar-refractivity contribution in [2.75, 3.05) is 0 Å². The summed E-state index contributed by atoms with van der Waals surface area (Å²) in [7, 11) is 0. The average Bonchev–Trinajstić information content (AvgIpc) is 2.64. The van der Waals surface area contributed by atoms with Crippen molar-refractivity contribution in [1.29, 1.82) is 0 Å². The summed E-state index contributed by atoms with van der Waals surface area (Å²) in [6, 6.07) is 6.08. The Morgan fingerprint density at radius 1 is 1.04 bits per heavy atom. The first-order chi connectivity index (χ1) is 12.7. The van der Waals surface area contributed by atoms with Crippen LogP contribution in [-0.2, 0) is 6.18 Å². The molecule has 0 saturated carbocycles. The Labute approximate surface area is 153 Å². The summed E-state index contributed by atoms with van der Waals surface area (Å²) < 4.78 is 38.3. The number of phenolic OH excluding ortho intramolecular Hbond substituents is 1. The van der Waals surface area contributed by atoms with Gasteiger partial charge in [0.15, 0.2) is 0 Å². The molecular formula is C19H16F3N3O2. The van der Waals surface area contributed by atoms with Crippen LogP contribution in [0, 0.1) is 13.8 Å². The topological polar surface area (TPSA) is 79.1 Å². The van der Waals surface area contributed by atoms with E-state index in [2.05, 4.69) is 15.2 Å². The zero-order chi connectivity index (χ0) is 19.8. The van der Waals surface area contributed by atoms with Crippen LogP contribution < -0.4 is 0 Å². The summed E-state index contributed by atoms with van der Waals surface area (Å²) in [6.45, 7) is 3.43. The fraction of sp³-hybridized carbons (Fsp3) is 0.211. The maximum Gasteiger partial charge on any atom is 0.416 e. The van der Waals surface area contributed by atoms with Gasteiger partial charge in [-0.1, -0.05) is 6.07 Å². The summed E-state index contributed by atoms with van der Waals surface area (Å²) in [5.74, 6) is -0.540. The van der Waals surface area contributed by atoms with Gasteiger partial charge >= 0.3 is 6.18 Å². The van der Waals surface area contributed by atoms with Crippen molar-refractivity contribution in [3.05, 3.63) is 70.7 Å². The van der Waals surface area contributed by atoms with Crippen molar-refractivity contribution in [3.8, 4) is 17.0 Å². The monoisotopic (exact) mass is 375 g/mol. The third-order valence-corrected chi connectivity index (χ3v) is 4.40. The molecule has 0 aliphatic rings. The molecule has 0 amide bonds. The molecule has 1 unspecified atom stereocenters. The lowest BCUT2D eigenvalue weighted by molar-refractivity contribution is -0.137. The molecule has 3 rings (SSSR count). The predicted molar refractivity (Wildman–Crippen MR) is 91.9 cm³/mol. The molecule has 0 radical (unpaired) electrons. The molecule has 2 aromatic heterocycles. The second kappa shape index (κ2) is 6.96. The lowest BCUT2D eigenvalue weighted by Crippen LogP contribution is -2.10. The van der Waals surface area contributed by atoms with Crippen molar-refractivity contribution in [3.63, 3.8) is 0 Å². The Morgan fingerprint density at radius 2 is 1.78 bits per heavy atom. The highest BCUT2D eigenvalue weighted by atomic mass is 19.4. The van der Waals surface area contributed by atoms with Gasteiger partial charge in [0.2, 0.25) is 0 Å². The van der Waals surface area contributed by atoms with Crippen LogP contribution in [-0.4, -0.2) is 25.4 Å². The van der Waals surface area contributed by atoms with Crippen LogP contribution in [0.25, 0.3) is 11.3 Å². The van der Waals surface area contributed by atoms with Crippen LogP contribution >= 0.6 is 0 Å². The number of halogens is 3. The number of alkyl halides is 3. The van der Waals surface area contributed by atoms with E-state index in [1.165, 1.54) is 6.20 Å². The summed E-state index contributed by atoms with van der Waals surface area (Å²) in [5.41, 5.74) is 1.51. The summed E-state index contributed by atoms with van der Waals surface area (Å²) >= 11 is 0. The molecule has 3 aromatic rings.